The van der Waals surface area contributed by atoms with Crippen LogP contribution in [0.2, 0.25) is 0 Å². The highest BCUT2D eigenvalue weighted by atomic mass is 16.5. The molecule has 1 heterocycles. The molecule has 0 bridgehead atoms. The SMILES string of the molecule is CCN(CC)C(=O)CC[C@@H]1CCCO1. The van der Waals surface area contributed by atoms with Crippen molar-refractivity contribution in [2.45, 2.75) is 45.6 Å². The van der Waals surface area contributed by atoms with E-state index in [0.29, 0.717) is 12.5 Å². The van der Waals surface area contributed by atoms with E-state index in [4.69, 9.17) is 4.74 Å². The van der Waals surface area contributed by atoms with E-state index in [1.807, 2.05) is 18.7 Å². The van der Waals surface area contributed by atoms with Crippen LogP contribution in [0.15, 0.2) is 0 Å². The first-order chi connectivity index (χ1) is 6.77. The topological polar surface area (TPSA) is 29.5 Å². The number of ether oxygens (including phenoxy) is 1. The molecule has 0 unspecified atom stereocenters. The molecule has 3 heteroatoms. The van der Waals surface area contributed by atoms with Crippen LogP contribution in [0, 0.1) is 0 Å². The van der Waals surface area contributed by atoms with Gasteiger partial charge in [-0.05, 0) is 33.1 Å². The largest absolute Gasteiger partial charge is 0.378 e. The molecule has 3 nitrogen and oxygen atoms in total. The van der Waals surface area contributed by atoms with Gasteiger partial charge >= 0.3 is 0 Å². The summed E-state index contributed by atoms with van der Waals surface area (Å²) in [5, 5.41) is 0. The minimum absolute atomic E-state index is 0.269. The van der Waals surface area contributed by atoms with Crippen molar-refractivity contribution in [1.29, 1.82) is 0 Å². The fourth-order valence-electron chi connectivity index (χ4n) is 1.89. The van der Waals surface area contributed by atoms with E-state index < -0.39 is 0 Å². The Balaban J connectivity index is 2.18. The summed E-state index contributed by atoms with van der Waals surface area (Å²) in [5.41, 5.74) is 0. The Hall–Kier alpha value is -0.570. The van der Waals surface area contributed by atoms with Gasteiger partial charge in [0.2, 0.25) is 5.91 Å². The third-order valence-electron chi connectivity index (χ3n) is 2.82. The molecular weight excluding hydrogens is 178 g/mol. The van der Waals surface area contributed by atoms with Gasteiger partial charge in [0, 0.05) is 26.1 Å². The molecule has 0 aromatic carbocycles. The summed E-state index contributed by atoms with van der Waals surface area (Å²) in [7, 11) is 0. The second-order valence-corrected chi connectivity index (χ2v) is 3.74. The number of rotatable bonds is 5. The van der Waals surface area contributed by atoms with Crippen molar-refractivity contribution in [2.75, 3.05) is 19.7 Å². The molecule has 0 N–H and O–H groups in total. The first-order valence-electron chi connectivity index (χ1n) is 5.67. The molecule has 1 aliphatic rings. The fourth-order valence-corrected chi connectivity index (χ4v) is 1.89. The quantitative estimate of drug-likeness (QED) is 0.676. The summed E-state index contributed by atoms with van der Waals surface area (Å²) in [4.78, 5) is 13.5. The summed E-state index contributed by atoms with van der Waals surface area (Å²) >= 11 is 0. The predicted octanol–water partition coefficient (Wildman–Crippen LogP) is 1.81. The van der Waals surface area contributed by atoms with Gasteiger partial charge in [-0.1, -0.05) is 0 Å². The number of hydrogen-bond donors (Lipinski definition) is 0. The zero-order valence-electron chi connectivity index (χ0n) is 9.29. The summed E-state index contributed by atoms with van der Waals surface area (Å²) in [5.74, 6) is 0.269. The van der Waals surface area contributed by atoms with E-state index in [1.54, 1.807) is 0 Å². The van der Waals surface area contributed by atoms with Crippen molar-refractivity contribution in [3.05, 3.63) is 0 Å². The van der Waals surface area contributed by atoms with Crippen LogP contribution < -0.4 is 0 Å². The van der Waals surface area contributed by atoms with Gasteiger partial charge in [-0.3, -0.25) is 4.79 Å². The third kappa shape index (κ3) is 3.29. The molecule has 14 heavy (non-hydrogen) atoms. The second-order valence-electron chi connectivity index (χ2n) is 3.74. The number of carbonyl (C=O) groups is 1. The molecule has 0 spiro atoms. The molecule has 0 saturated carbocycles. The highest BCUT2D eigenvalue weighted by molar-refractivity contribution is 5.76. The van der Waals surface area contributed by atoms with E-state index in [2.05, 4.69) is 0 Å². The van der Waals surface area contributed by atoms with Crippen molar-refractivity contribution in [3.63, 3.8) is 0 Å². The van der Waals surface area contributed by atoms with Crippen LogP contribution in [-0.4, -0.2) is 36.6 Å². The van der Waals surface area contributed by atoms with E-state index in [-0.39, 0.29) is 5.91 Å². The van der Waals surface area contributed by atoms with Gasteiger partial charge in [0.15, 0.2) is 0 Å². The standard InChI is InChI=1S/C11H21NO2/c1-3-12(4-2)11(13)8-7-10-6-5-9-14-10/h10H,3-9H2,1-2H3/t10-/m0/s1. The van der Waals surface area contributed by atoms with Gasteiger partial charge in [-0.15, -0.1) is 0 Å². The first-order valence-corrected chi connectivity index (χ1v) is 5.67. The Labute approximate surface area is 86.4 Å². The maximum atomic E-state index is 11.6. The average molecular weight is 199 g/mol. The average Bonchev–Trinajstić information content (AvgIpc) is 2.69. The molecule has 0 aromatic rings. The van der Waals surface area contributed by atoms with Crippen LogP contribution in [0.4, 0.5) is 0 Å². The van der Waals surface area contributed by atoms with Gasteiger partial charge in [-0.2, -0.15) is 0 Å². The molecule has 1 aliphatic heterocycles. The van der Waals surface area contributed by atoms with Crippen molar-refractivity contribution in [2.24, 2.45) is 0 Å². The van der Waals surface area contributed by atoms with E-state index in [1.165, 1.54) is 0 Å². The summed E-state index contributed by atoms with van der Waals surface area (Å²) in [6.45, 7) is 6.56. The molecule has 0 aliphatic carbocycles. The number of amides is 1. The smallest absolute Gasteiger partial charge is 0.222 e. The zero-order valence-corrected chi connectivity index (χ0v) is 9.29. The Morgan fingerprint density at radius 2 is 2.14 bits per heavy atom. The molecule has 1 saturated heterocycles. The molecule has 0 aromatic heterocycles. The van der Waals surface area contributed by atoms with Crippen LogP contribution in [0.3, 0.4) is 0 Å². The van der Waals surface area contributed by atoms with Gasteiger partial charge in [0.05, 0.1) is 6.10 Å². The molecule has 0 radical (unpaired) electrons. The van der Waals surface area contributed by atoms with Gasteiger partial charge < -0.3 is 9.64 Å². The first kappa shape index (κ1) is 11.5. The second kappa shape index (κ2) is 6.02. The fraction of sp³-hybridized carbons (Fsp3) is 0.909. The highest BCUT2D eigenvalue weighted by Gasteiger charge is 2.18. The molecule has 82 valence electrons. The summed E-state index contributed by atoms with van der Waals surface area (Å²) in [6.07, 6.45) is 4.17. The lowest BCUT2D eigenvalue weighted by Gasteiger charge is -2.19. The molecule has 1 rings (SSSR count). The van der Waals surface area contributed by atoms with Gasteiger partial charge in [-0.25, -0.2) is 0 Å². The normalized spacial score (nSPS) is 21.1. The lowest BCUT2D eigenvalue weighted by molar-refractivity contribution is -0.131. The van der Waals surface area contributed by atoms with Crippen molar-refractivity contribution >= 4 is 5.91 Å². The van der Waals surface area contributed by atoms with Crippen LogP contribution in [0.1, 0.15) is 39.5 Å². The third-order valence-corrected chi connectivity index (χ3v) is 2.82. The number of hydrogen-bond acceptors (Lipinski definition) is 2. The summed E-state index contributed by atoms with van der Waals surface area (Å²) in [6, 6.07) is 0. The van der Waals surface area contributed by atoms with E-state index in [9.17, 15) is 4.79 Å². The van der Waals surface area contributed by atoms with Crippen molar-refractivity contribution in [1.82, 2.24) is 4.90 Å². The highest BCUT2D eigenvalue weighted by Crippen LogP contribution is 2.17. The van der Waals surface area contributed by atoms with Crippen molar-refractivity contribution in [3.8, 4) is 0 Å². The van der Waals surface area contributed by atoms with Crippen LogP contribution in [0.5, 0.6) is 0 Å². The number of nitrogens with zero attached hydrogens (tertiary/aromatic N) is 1. The molecular formula is C11H21NO2. The van der Waals surface area contributed by atoms with E-state index in [0.717, 1.165) is 39.0 Å². The molecule has 1 amide bonds. The van der Waals surface area contributed by atoms with Crippen LogP contribution in [-0.2, 0) is 9.53 Å². The lowest BCUT2D eigenvalue weighted by atomic mass is 10.1. The Kier molecular flexibility index (Phi) is 4.94. The maximum absolute atomic E-state index is 11.6. The maximum Gasteiger partial charge on any atom is 0.222 e. The van der Waals surface area contributed by atoms with E-state index >= 15 is 0 Å². The van der Waals surface area contributed by atoms with Gasteiger partial charge in [0.1, 0.15) is 0 Å². The number of carbonyl (C=O) groups excluding carboxylic acids is 1. The molecule has 1 fully saturated rings. The molecule has 1 atom stereocenters. The zero-order chi connectivity index (χ0) is 10.4. The lowest BCUT2D eigenvalue weighted by Crippen LogP contribution is -2.30. The summed E-state index contributed by atoms with van der Waals surface area (Å²) < 4.78 is 5.48. The Morgan fingerprint density at radius 1 is 1.43 bits per heavy atom. The minimum Gasteiger partial charge on any atom is -0.378 e. The predicted molar refractivity (Wildman–Crippen MR) is 56.1 cm³/mol. The van der Waals surface area contributed by atoms with Gasteiger partial charge in [0.25, 0.3) is 0 Å². The minimum atomic E-state index is 0.269. The Bertz CT molecular complexity index is 172. The Morgan fingerprint density at radius 3 is 2.64 bits per heavy atom. The van der Waals surface area contributed by atoms with Crippen molar-refractivity contribution < 1.29 is 9.53 Å². The van der Waals surface area contributed by atoms with Crippen LogP contribution >= 0.6 is 0 Å². The van der Waals surface area contributed by atoms with Crippen LogP contribution in [0.25, 0.3) is 0 Å². The monoisotopic (exact) mass is 199 g/mol.